The molecule has 0 unspecified atom stereocenters. The van der Waals surface area contributed by atoms with Gasteiger partial charge in [0.15, 0.2) is 0 Å². The second-order valence-corrected chi connectivity index (χ2v) is 11.7. The second-order valence-electron chi connectivity index (χ2n) is 8.91. The van der Waals surface area contributed by atoms with Gasteiger partial charge in [0.25, 0.3) is 20.2 Å². The van der Waals surface area contributed by atoms with Crippen molar-refractivity contribution in [3.63, 3.8) is 0 Å². The molecule has 0 heterocycles. The highest BCUT2D eigenvalue weighted by atomic mass is 32.2. The Bertz CT molecular complexity index is 1830. The summed E-state index contributed by atoms with van der Waals surface area (Å²) in [6, 6.07) is 19.4. The summed E-state index contributed by atoms with van der Waals surface area (Å²) in [5.41, 5.74) is 1.19. The highest BCUT2D eigenvalue weighted by Gasteiger charge is 2.22. The second kappa shape index (κ2) is 12.9. The van der Waals surface area contributed by atoms with Gasteiger partial charge in [0, 0.05) is 11.4 Å². The zero-order chi connectivity index (χ0) is 32.1. The van der Waals surface area contributed by atoms with Crippen LogP contribution in [0.1, 0.15) is 0 Å². The van der Waals surface area contributed by atoms with Gasteiger partial charge in [-0.2, -0.15) is 16.8 Å². The van der Waals surface area contributed by atoms with Crippen molar-refractivity contribution in [3.05, 3.63) is 110 Å². The molecular weight excluding hydrogens is 612 g/mol. The minimum atomic E-state index is -4.83. The molecule has 44 heavy (non-hydrogen) atoms. The van der Waals surface area contributed by atoms with Gasteiger partial charge in [-0.1, -0.05) is 25.3 Å². The molecule has 0 saturated heterocycles. The average molecular weight is 637 g/mol. The van der Waals surface area contributed by atoms with E-state index in [1.165, 1.54) is 72.8 Å². The van der Waals surface area contributed by atoms with Crippen LogP contribution in [0.15, 0.2) is 120 Å². The number of rotatable bonds is 11. The molecule has 226 valence electrons. The summed E-state index contributed by atoms with van der Waals surface area (Å²) in [5.74, 6) is -0.950. The standard InChI is InChI=1S/C30H24N2O10S2/c1-3-29(33)31-21-7-11-23(12-8-21)41-25-15-5-19(17-27(25)43(35,36)37)20-6-16-26(28(18-20)44(38,39)40)42-24-13-9-22(10-14-24)32-30(34)4-2/h3-18H,1-2H2,(H,31,33)(H,32,34)(H,35,36,37)(H,38,39,40). The number of amides is 2. The van der Waals surface area contributed by atoms with E-state index in [0.29, 0.717) is 11.4 Å². The van der Waals surface area contributed by atoms with Gasteiger partial charge in [0.05, 0.1) is 0 Å². The monoisotopic (exact) mass is 636 g/mol. The van der Waals surface area contributed by atoms with Crippen LogP contribution in [0.4, 0.5) is 11.4 Å². The molecule has 2 amide bonds. The van der Waals surface area contributed by atoms with Crippen molar-refractivity contribution >= 4 is 43.4 Å². The Balaban J connectivity index is 1.64. The van der Waals surface area contributed by atoms with Crippen LogP contribution >= 0.6 is 0 Å². The summed E-state index contributed by atoms with van der Waals surface area (Å²) in [7, 11) is -9.66. The number of carbonyl (C=O) groups is 2. The number of hydrogen-bond acceptors (Lipinski definition) is 8. The van der Waals surface area contributed by atoms with Crippen molar-refractivity contribution in [1.82, 2.24) is 0 Å². The molecule has 0 bridgehead atoms. The van der Waals surface area contributed by atoms with E-state index >= 15 is 0 Å². The van der Waals surface area contributed by atoms with Gasteiger partial charge >= 0.3 is 0 Å². The first-order chi connectivity index (χ1) is 20.8. The van der Waals surface area contributed by atoms with Crippen LogP contribution in [0, 0.1) is 0 Å². The van der Waals surface area contributed by atoms with E-state index in [4.69, 9.17) is 9.47 Å². The average Bonchev–Trinajstić information content (AvgIpc) is 2.98. The smallest absolute Gasteiger partial charge is 0.298 e. The third-order valence-electron chi connectivity index (χ3n) is 5.85. The highest BCUT2D eigenvalue weighted by Crippen LogP contribution is 2.37. The zero-order valence-electron chi connectivity index (χ0n) is 22.6. The molecule has 0 aliphatic rings. The molecule has 0 aromatic heterocycles. The summed E-state index contributed by atoms with van der Waals surface area (Å²) in [6.45, 7) is 6.73. The van der Waals surface area contributed by atoms with E-state index in [0.717, 1.165) is 24.3 Å². The van der Waals surface area contributed by atoms with Crippen LogP contribution in [0.3, 0.4) is 0 Å². The van der Waals surface area contributed by atoms with E-state index in [2.05, 4.69) is 23.8 Å². The van der Waals surface area contributed by atoms with E-state index < -0.39 is 41.8 Å². The van der Waals surface area contributed by atoms with Crippen LogP contribution in [0.2, 0.25) is 0 Å². The van der Waals surface area contributed by atoms with Gasteiger partial charge in [-0.05, 0) is 96.1 Å². The molecule has 0 aliphatic heterocycles. The minimum Gasteiger partial charge on any atom is -0.456 e. The predicted molar refractivity (Wildman–Crippen MR) is 162 cm³/mol. The SMILES string of the molecule is C=CC(=O)Nc1ccc(Oc2ccc(-c3ccc(Oc4ccc(NC(=O)C=C)cc4)c(S(=O)(=O)O)c3)cc2S(=O)(=O)O)cc1. The molecule has 12 nitrogen and oxygen atoms in total. The number of carbonyl (C=O) groups excluding carboxylic acids is 2. The molecule has 0 spiro atoms. The Morgan fingerprint density at radius 2 is 0.932 bits per heavy atom. The fourth-order valence-electron chi connectivity index (χ4n) is 3.80. The fourth-order valence-corrected chi connectivity index (χ4v) is 5.08. The lowest BCUT2D eigenvalue weighted by atomic mass is 10.1. The topological polar surface area (TPSA) is 185 Å². The van der Waals surface area contributed by atoms with E-state index in [-0.39, 0.29) is 34.1 Å². The van der Waals surface area contributed by atoms with E-state index in [9.17, 15) is 35.5 Å². The van der Waals surface area contributed by atoms with Crippen LogP contribution in [-0.4, -0.2) is 37.8 Å². The molecule has 0 atom stereocenters. The number of ether oxygens (including phenoxy) is 2. The summed E-state index contributed by atoms with van der Waals surface area (Å²) in [4.78, 5) is 21.7. The van der Waals surface area contributed by atoms with Crippen molar-refractivity contribution in [2.75, 3.05) is 10.6 Å². The van der Waals surface area contributed by atoms with Gasteiger partial charge in [-0.15, -0.1) is 0 Å². The normalized spacial score (nSPS) is 11.2. The minimum absolute atomic E-state index is 0.159. The third kappa shape index (κ3) is 7.96. The maximum absolute atomic E-state index is 12.3. The molecule has 4 aromatic carbocycles. The molecule has 0 saturated carbocycles. The van der Waals surface area contributed by atoms with E-state index in [1.54, 1.807) is 0 Å². The Morgan fingerprint density at radius 1 is 0.591 bits per heavy atom. The summed E-state index contributed by atoms with van der Waals surface area (Å²) >= 11 is 0. The Labute approximate surface area is 252 Å². The summed E-state index contributed by atoms with van der Waals surface area (Å²) in [5, 5.41) is 5.10. The Kier molecular flexibility index (Phi) is 9.30. The molecule has 0 radical (unpaired) electrons. The number of benzene rings is 4. The first-order valence-corrected chi connectivity index (χ1v) is 15.3. The lowest BCUT2D eigenvalue weighted by molar-refractivity contribution is -0.112. The first-order valence-electron chi connectivity index (χ1n) is 12.4. The van der Waals surface area contributed by atoms with Gasteiger partial charge in [-0.3, -0.25) is 18.7 Å². The molecule has 4 rings (SSSR count). The van der Waals surface area contributed by atoms with Crippen LogP contribution in [0.25, 0.3) is 11.1 Å². The largest absolute Gasteiger partial charge is 0.456 e. The van der Waals surface area contributed by atoms with Gasteiger partial charge in [-0.25, -0.2) is 0 Å². The van der Waals surface area contributed by atoms with Gasteiger partial charge in [0.1, 0.15) is 32.8 Å². The third-order valence-corrected chi connectivity index (χ3v) is 7.60. The number of anilines is 2. The Hall–Kier alpha value is -5.28. The van der Waals surface area contributed by atoms with Gasteiger partial charge in [0.2, 0.25) is 11.8 Å². The number of hydrogen-bond donors (Lipinski definition) is 4. The molecule has 0 aliphatic carbocycles. The van der Waals surface area contributed by atoms with Crippen molar-refractivity contribution < 1.29 is 45.0 Å². The van der Waals surface area contributed by atoms with Crippen molar-refractivity contribution in [3.8, 4) is 34.1 Å². The fraction of sp³-hybridized carbons (Fsp3) is 0. The summed E-state index contributed by atoms with van der Waals surface area (Å²) in [6.07, 6.45) is 2.19. The maximum Gasteiger partial charge on any atom is 0.298 e. The van der Waals surface area contributed by atoms with Crippen molar-refractivity contribution in [2.24, 2.45) is 0 Å². The van der Waals surface area contributed by atoms with E-state index in [1.807, 2.05) is 0 Å². The van der Waals surface area contributed by atoms with Gasteiger partial charge < -0.3 is 20.1 Å². The molecule has 0 fully saturated rings. The zero-order valence-corrected chi connectivity index (χ0v) is 24.3. The maximum atomic E-state index is 12.3. The van der Waals surface area contributed by atoms with Crippen molar-refractivity contribution in [1.29, 1.82) is 0 Å². The molecule has 14 heteroatoms. The Morgan fingerprint density at radius 3 is 1.23 bits per heavy atom. The van der Waals surface area contributed by atoms with Crippen molar-refractivity contribution in [2.45, 2.75) is 9.79 Å². The highest BCUT2D eigenvalue weighted by molar-refractivity contribution is 7.86. The molecular formula is C30H24N2O10S2. The van der Waals surface area contributed by atoms with Crippen LogP contribution in [0.5, 0.6) is 23.0 Å². The van der Waals surface area contributed by atoms with Crippen LogP contribution < -0.4 is 20.1 Å². The quantitative estimate of drug-likeness (QED) is 0.118. The summed E-state index contributed by atoms with van der Waals surface area (Å²) < 4.78 is 80.2. The first kappa shape index (κ1) is 31.7. The van der Waals surface area contributed by atoms with Crippen LogP contribution in [-0.2, 0) is 29.8 Å². The predicted octanol–water partition coefficient (Wildman–Crippen LogP) is 5.68. The number of nitrogens with one attached hydrogen (secondary N) is 2. The molecule has 4 aromatic rings. The lowest BCUT2D eigenvalue weighted by Crippen LogP contribution is -2.07. The molecule has 4 N–H and O–H groups in total. The lowest BCUT2D eigenvalue weighted by Gasteiger charge is -2.14.